The molecule has 1 aromatic rings. The van der Waals surface area contributed by atoms with Crippen LogP contribution in [0.5, 0.6) is 0 Å². The average Bonchev–Trinajstić information content (AvgIpc) is 2.76. The number of hydrogen-bond acceptors (Lipinski definition) is 2. The Morgan fingerprint density at radius 3 is 2.14 bits per heavy atom. The quantitative estimate of drug-likeness (QED) is 0.759. The topological polar surface area (TPSA) is 34.1 Å². The summed E-state index contributed by atoms with van der Waals surface area (Å²) in [4.78, 5) is 0. The van der Waals surface area contributed by atoms with Crippen LogP contribution in [0.4, 0.5) is 0 Å². The maximum atomic E-state index is 11.8. The molecule has 1 heterocycles. The highest BCUT2D eigenvalue weighted by Gasteiger charge is 2.43. The van der Waals surface area contributed by atoms with Crippen LogP contribution in [0.15, 0.2) is 18.2 Å². The summed E-state index contributed by atoms with van der Waals surface area (Å²) in [6, 6.07) is 6.42. The molecule has 1 unspecified atom stereocenters. The van der Waals surface area contributed by atoms with Gasteiger partial charge in [0.25, 0.3) is 0 Å². The fourth-order valence-corrected chi connectivity index (χ4v) is 6.20. The van der Waals surface area contributed by atoms with E-state index >= 15 is 0 Å². The first kappa shape index (κ1) is 17.1. The van der Waals surface area contributed by atoms with Gasteiger partial charge in [0.2, 0.25) is 0 Å². The Balaban J connectivity index is 2.30. The van der Waals surface area contributed by atoms with Crippen LogP contribution < -0.4 is 0 Å². The van der Waals surface area contributed by atoms with E-state index in [4.69, 9.17) is 23.2 Å². The third-order valence-electron chi connectivity index (χ3n) is 4.47. The molecule has 1 atom stereocenters. The van der Waals surface area contributed by atoms with Gasteiger partial charge in [-0.05, 0) is 38.2 Å². The lowest BCUT2D eigenvalue weighted by Gasteiger charge is -2.35. The van der Waals surface area contributed by atoms with E-state index in [2.05, 4.69) is 32.0 Å². The van der Waals surface area contributed by atoms with Crippen molar-refractivity contribution in [2.45, 2.75) is 26.7 Å². The summed E-state index contributed by atoms with van der Waals surface area (Å²) < 4.78 is 23.6. The number of benzene rings is 1. The van der Waals surface area contributed by atoms with Crippen molar-refractivity contribution in [3.05, 3.63) is 34.9 Å². The van der Waals surface area contributed by atoms with Crippen LogP contribution in [0.3, 0.4) is 0 Å². The van der Waals surface area contributed by atoms with Crippen LogP contribution in [-0.4, -0.2) is 31.7 Å². The number of rotatable bonds is 5. The van der Waals surface area contributed by atoms with Gasteiger partial charge < -0.3 is 0 Å². The highest BCUT2D eigenvalue weighted by atomic mass is 35.5. The molecular weight excluding hydrogens is 327 g/mol. The second-order valence-corrected chi connectivity index (χ2v) is 9.17. The molecule has 0 spiro atoms. The maximum Gasteiger partial charge on any atom is 0.150 e. The molecule has 0 amide bonds. The second kappa shape index (κ2) is 6.47. The van der Waals surface area contributed by atoms with Gasteiger partial charge in [0.1, 0.15) is 0 Å². The summed E-state index contributed by atoms with van der Waals surface area (Å²) in [5.74, 6) is 1.32. The number of sulfone groups is 1. The van der Waals surface area contributed by atoms with E-state index in [0.29, 0.717) is 18.2 Å². The van der Waals surface area contributed by atoms with Crippen LogP contribution >= 0.6 is 23.2 Å². The van der Waals surface area contributed by atoms with Crippen molar-refractivity contribution in [2.24, 2.45) is 11.3 Å². The molecule has 0 aromatic heterocycles. The van der Waals surface area contributed by atoms with Crippen molar-refractivity contribution in [1.29, 1.82) is 0 Å². The molecule has 1 aliphatic heterocycles. The van der Waals surface area contributed by atoms with E-state index in [-0.39, 0.29) is 22.8 Å². The Morgan fingerprint density at radius 1 is 1.14 bits per heavy atom. The number of aryl methyl sites for hydroxylation is 2. The molecule has 2 rings (SSSR count). The van der Waals surface area contributed by atoms with E-state index in [1.54, 1.807) is 0 Å². The predicted molar refractivity (Wildman–Crippen MR) is 90.3 cm³/mol. The van der Waals surface area contributed by atoms with Crippen LogP contribution in [0.2, 0.25) is 0 Å². The smallest absolute Gasteiger partial charge is 0.150 e. The first-order valence-corrected chi connectivity index (χ1v) is 10.1. The number of alkyl halides is 2. The Labute approximate surface area is 137 Å². The lowest BCUT2D eigenvalue weighted by Crippen LogP contribution is -2.37. The van der Waals surface area contributed by atoms with Gasteiger partial charge in [-0.2, -0.15) is 0 Å². The number of hydrogen-bond donors (Lipinski definition) is 0. The zero-order valence-corrected chi connectivity index (χ0v) is 14.9. The number of halogens is 2. The molecule has 0 N–H and O–H groups in total. The highest BCUT2D eigenvalue weighted by molar-refractivity contribution is 7.91. The average molecular weight is 349 g/mol. The van der Waals surface area contributed by atoms with E-state index in [1.807, 2.05) is 0 Å². The summed E-state index contributed by atoms with van der Waals surface area (Å²) in [7, 11) is -2.92. The van der Waals surface area contributed by atoms with Crippen LogP contribution in [-0.2, 0) is 16.3 Å². The van der Waals surface area contributed by atoms with E-state index in [1.165, 1.54) is 16.7 Å². The SMILES string of the molecule is Cc1cc(C)cc(CC(CCl)(CCl)C2CCS(=O)(=O)C2)c1. The third kappa shape index (κ3) is 3.94. The summed E-state index contributed by atoms with van der Waals surface area (Å²) in [5.41, 5.74) is 3.27. The molecule has 1 saturated heterocycles. The standard InChI is InChI=1S/C16H22Cl2O2S/c1-12-5-13(2)7-14(6-12)8-16(10-17,11-18)15-3-4-21(19,20)9-15/h5-7,15H,3-4,8-11H2,1-2H3. The largest absolute Gasteiger partial charge is 0.229 e. The van der Waals surface area contributed by atoms with Gasteiger partial charge in [0, 0.05) is 17.2 Å². The van der Waals surface area contributed by atoms with Crippen molar-refractivity contribution in [1.82, 2.24) is 0 Å². The van der Waals surface area contributed by atoms with Gasteiger partial charge >= 0.3 is 0 Å². The molecule has 118 valence electrons. The van der Waals surface area contributed by atoms with Gasteiger partial charge in [-0.15, -0.1) is 23.2 Å². The molecule has 5 heteroatoms. The minimum atomic E-state index is -2.92. The Hall–Kier alpha value is -0.250. The summed E-state index contributed by atoms with van der Waals surface area (Å²) in [6.07, 6.45) is 1.41. The third-order valence-corrected chi connectivity index (χ3v) is 7.30. The summed E-state index contributed by atoms with van der Waals surface area (Å²) in [5, 5.41) is 0. The van der Waals surface area contributed by atoms with Crippen molar-refractivity contribution < 1.29 is 8.42 Å². The van der Waals surface area contributed by atoms with Crippen molar-refractivity contribution in [3.8, 4) is 0 Å². The molecule has 0 aliphatic carbocycles. The lowest BCUT2D eigenvalue weighted by atomic mass is 9.73. The molecule has 21 heavy (non-hydrogen) atoms. The fourth-order valence-electron chi connectivity index (χ4n) is 3.35. The molecule has 0 radical (unpaired) electrons. The van der Waals surface area contributed by atoms with Gasteiger partial charge in [-0.3, -0.25) is 0 Å². The first-order valence-electron chi connectivity index (χ1n) is 7.20. The zero-order valence-electron chi connectivity index (χ0n) is 12.5. The predicted octanol–water partition coefficient (Wildman–Crippen LogP) is 3.74. The van der Waals surface area contributed by atoms with Crippen LogP contribution in [0.25, 0.3) is 0 Å². The van der Waals surface area contributed by atoms with Gasteiger partial charge in [0.15, 0.2) is 9.84 Å². The molecule has 0 bridgehead atoms. The van der Waals surface area contributed by atoms with Gasteiger partial charge in [-0.1, -0.05) is 29.3 Å². The van der Waals surface area contributed by atoms with Crippen molar-refractivity contribution in [2.75, 3.05) is 23.3 Å². The molecule has 1 fully saturated rings. The minimum absolute atomic E-state index is 0.0540. The maximum absolute atomic E-state index is 11.8. The zero-order chi connectivity index (χ0) is 15.7. The Kier molecular flexibility index (Phi) is 5.27. The molecular formula is C16H22Cl2O2S. The normalized spacial score (nSPS) is 21.6. The van der Waals surface area contributed by atoms with Gasteiger partial charge in [-0.25, -0.2) is 8.42 Å². The van der Waals surface area contributed by atoms with Gasteiger partial charge in [0.05, 0.1) is 11.5 Å². The summed E-state index contributed by atoms with van der Waals surface area (Å²) >= 11 is 12.5. The lowest BCUT2D eigenvalue weighted by molar-refractivity contribution is 0.244. The van der Waals surface area contributed by atoms with Crippen molar-refractivity contribution >= 4 is 33.0 Å². The van der Waals surface area contributed by atoms with E-state index in [9.17, 15) is 8.42 Å². The molecule has 1 aromatic carbocycles. The van der Waals surface area contributed by atoms with Crippen LogP contribution in [0, 0.1) is 25.2 Å². The molecule has 2 nitrogen and oxygen atoms in total. The second-order valence-electron chi connectivity index (χ2n) is 6.40. The Bertz CT molecular complexity index is 586. The fraction of sp³-hybridized carbons (Fsp3) is 0.625. The highest BCUT2D eigenvalue weighted by Crippen LogP contribution is 2.41. The first-order chi connectivity index (χ1) is 9.80. The monoisotopic (exact) mass is 348 g/mol. The summed E-state index contributed by atoms with van der Waals surface area (Å²) in [6.45, 7) is 4.14. The van der Waals surface area contributed by atoms with Crippen LogP contribution in [0.1, 0.15) is 23.1 Å². The van der Waals surface area contributed by atoms with E-state index < -0.39 is 9.84 Å². The molecule has 1 aliphatic rings. The molecule has 0 saturated carbocycles. The van der Waals surface area contributed by atoms with Crippen molar-refractivity contribution in [3.63, 3.8) is 0 Å². The minimum Gasteiger partial charge on any atom is -0.229 e. The van der Waals surface area contributed by atoms with E-state index in [0.717, 1.165) is 6.42 Å². The Morgan fingerprint density at radius 2 is 1.71 bits per heavy atom.